The third-order valence-corrected chi connectivity index (χ3v) is 9.10. The number of hydrogen-bond acceptors (Lipinski definition) is 5. The number of hydrogen-bond donors (Lipinski definition) is 2. The van der Waals surface area contributed by atoms with E-state index in [1.165, 1.54) is 4.90 Å². The van der Waals surface area contributed by atoms with Gasteiger partial charge in [-0.15, -0.1) is 0 Å². The minimum Gasteiger partial charge on any atom is -0.326 e. The zero-order valence-corrected chi connectivity index (χ0v) is 21.6. The second-order valence-corrected chi connectivity index (χ2v) is 12.8. The molecule has 0 saturated heterocycles. The van der Waals surface area contributed by atoms with Gasteiger partial charge in [0.1, 0.15) is 0 Å². The Morgan fingerprint density at radius 2 is 1.62 bits per heavy atom. The van der Waals surface area contributed by atoms with Gasteiger partial charge in [-0.25, -0.2) is 13.8 Å². The van der Waals surface area contributed by atoms with E-state index in [4.69, 9.17) is 11.2 Å². The van der Waals surface area contributed by atoms with E-state index in [0.717, 1.165) is 5.56 Å². The lowest BCUT2D eigenvalue weighted by Crippen LogP contribution is -2.30. The van der Waals surface area contributed by atoms with E-state index in [1.54, 1.807) is 30.3 Å². The fourth-order valence-corrected chi connectivity index (χ4v) is 4.59. The molecule has 1 unspecified atom stereocenters. The van der Waals surface area contributed by atoms with Gasteiger partial charge in [0.15, 0.2) is 0 Å². The second-order valence-electron chi connectivity index (χ2n) is 8.95. The SMILES string of the molecule is CC(C)c1ccc(N2C(=O)c3ccc(NC(=O)CCCCNS(=O)(=S)C(C)C)cc3C2=O)cc1. The summed E-state index contributed by atoms with van der Waals surface area (Å²) >= 11 is 5.05. The summed E-state index contributed by atoms with van der Waals surface area (Å²) in [6.45, 7) is 8.26. The number of anilines is 2. The Bertz CT molecular complexity index is 1190. The van der Waals surface area contributed by atoms with E-state index in [2.05, 4.69) is 23.9 Å². The van der Waals surface area contributed by atoms with Crippen LogP contribution < -0.4 is 14.9 Å². The summed E-state index contributed by atoms with van der Waals surface area (Å²) < 4.78 is 15.0. The predicted octanol–water partition coefficient (Wildman–Crippen LogP) is 4.38. The van der Waals surface area contributed by atoms with Gasteiger partial charge in [0.2, 0.25) is 5.91 Å². The maximum atomic E-state index is 13.0. The molecule has 0 radical (unpaired) electrons. The normalized spacial score (nSPS) is 15.1. The molecule has 0 fully saturated rings. The molecule has 1 aliphatic rings. The van der Waals surface area contributed by atoms with Gasteiger partial charge in [-0.2, -0.15) is 0 Å². The fourth-order valence-electron chi connectivity index (χ4n) is 3.58. The van der Waals surface area contributed by atoms with E-state index in [9.17, 15) is 18.6 Å². The highest BCUT2D eigenvalue weighted by Crippen LogP contribution is 2.31. The minimum absolute atomic E-state index is 0.129. The molecule has 1 atom stereocenters. The molecule has 0 saturated carbocycles. The third kappa shape index (κ3) is 5.89. The van der Waals surface area contributed by atoms with E-state index < -0.39 is 14.6 Å². The maximum absolute atomic E-state index is 13.0. The predicted molar refractivity (Wildman–Crippen MR) is 139 cm³/mol. The van der Waals surface area contributed by atoms with E-state index in [0.29, 0.717) is 42.2 Å². The van der Waals surface area contributed by atoms with Crippen LogP contribution in [0.5, 0.6) is 0 Å². The van der Waals surface area contributed by atoms with Crippen LogP contribution in [-0.2, 0) is 24.7 Å². The van der Waals surface area contributed by atoms with Gasteiger partial charge >= 0.3 is 0 Å². The molecule has 9 heteroatoms. The summed E-state index contributed by atoms with van der Waals surface area (Å²) in [6, 6.07) is 12.1. The van der Waals surface area contributed by atoms with Crippen LogP contribution in [0.25, 0.3) is 0 Å². The van der Waals surface area contributed by atoms with Crippen LogP contribution >= 0.6 is 0 Å². The molecule has 2 aromatic carbocycles. The molecule has 0 aliphatic carbocycles. The molecule has 34 heavy (non-hydrogen) atoms. The summed E-state index contributed by atoms with van der Waals surface area (Å²) in [7, 11) is -2.47. The highest BCUT2D eigenvalue weighted by molar-refractivity contribution is 8.32. The zero-order chi connectivity index (χ0) is 25.0. The second kappa shape index (κ2) is 10.8. The van der Waals surface area contributed by atoms with Crippen molar-refractivity contribution in [3.05, 3.63) is 59.2 Å². The lowest BCUT2D eigenvalue weighted by molar-refractivity contribution is -0.116. The number of benzene rings is 2. The van der Waals surface area contributed by atoms with E-state index in [1.807, 2.05) is 26.0 Å². The Kier molecular flexibility index (Phi) is 8.22. The summed E-state index contributed by atoms with van der Waals surface area (Å²) in [5.74, 6) is -0.623. The number of unbranched alkanes of at least 4 members (excludes halogenated alkanes) is 1. The summed E-state index contributed by atoms with van der Waals surface area (Å²) in [5.41, 5.74) is 2.70. The van der Waals surface area contributed by atoms with Gasteiger partial charge in [-0.05, 0) is 79.7 Å². The molecule has 2 N–H and O–H groups in total. The monoisotopic (exact) mass is 501 g/mol. The minimum atomic E-state index is -2.47. The first kappa shape index (κ1) is 26.0. The quantitative estimate of drug-likeness (QED) is 0.372. The topological polar surface area (TPSA) is 95.6 Å². The van der Waals surface area contributed by atoms with Gasteiger partial charge in [0.25, 0.3) is 11.8 Å². The summed E-state index contributed by atoms with van der Waals surface area (Å²) in [5, 5.41) is 2.66. The Balaban J connectivity index is 1.59. The van der Waals surface area contributed by atoms with E-state index in [-0.39, 0.29) is 29.0 Å². The summed E-state index contributed by atoms with van der Waals surface area (Å²) in [4.78, 5) is 39.3. The Morgan fingerprint density at radius 3 is 2.24 bits per heavy atom. The van der Waals surface area contributed by atoms with Crippen LogP contribution in [0.2, 0.25) is 0 Å². The van der Waals surface area contributed by atoms with Crippen molar-refractivity contribution >= 4 is 49.0 Å². The largest absolute Gasteiger partial charge is 0.326 e. The summed E-state index contributed by atoms with van der Waals surface area (Å²) in [6.07, 6.45) is 1.54. The van der Waals surface area contributed by atoms with Gasteiger partial charge in [-0.1, -0.05) is 26.0 Å². The molecule has 2 aromatic rings. The molecule has 182 valence electrons. The van der Waals surface area contributed by atoms with E-state index >= 15 is 0 Å². The molecule has 0 bridgehead atoms. The fraction of sp³-hybridized carbons (Fsp3) is 0.400. The number of carbonyl (C=O) groups is 3. The number of amides is 3. The smallest absolute Gasteiger partial charge is 0.266 e. The Labute approximate surface area is 206 Å². The van der Waals surface area contributed by atoms with Crippen LogP contribution in [0.3, 0.4) is 0 Å². The standard InChI is InChI=1S/C25H31N3O4S2/c1-16(2)18-8-11-20(12-9-18)28-24(30)21-13-10-19(15-22(21)25(28)31)27-23(29)7-5-6-14-26-34(32,33)17(3)4/h8-13,15-17,26H,5-7,14H2,1-4H3,(H,27,29). The van der Waals surface area contributed by atoms with Crippen molar-refractivity contribution < 1.29 is 18.6 Å². The van der Waals surface area contributed by atoms with Crippen LogP contribution in [0.15, 0.2) is 42.5 Å². The van der Waals surface area contributed by atoms with Crippen LogP contribution in [0, 0.1) is 0 Å². The van der Waals surface area contributed by atoms with Crippen molar-refractivity contribution in [2.75, 3.05) is 16.8 Å². The molecule has 3 rings (SSSR count). The first-order valence-electron chi connectivity index (χ1n) is 11.4. The molecule has 0 aromatic heterocycles. The number of imide groups is 1. The first-order valence-corrected chi connectivity index (χ1v) is 14.0. The third-order valence-electron chi connectivity index (χ3n) is 5.74. The van der Waals surface area contributed by atoms with Crippen LogP contribution in [0.4, 0.5) is 11.4 Å². The average Bonchev–Trinajstić information content (AvgIpc) is 3.03. The van der Waals surface area contributed by atoms with Crippen molar-refractivity contribution in [2.24, 2.45) is 0 Å². The number of fused-ring (bicyclic) bond motifs is 1. The lowest BCUT2D eigenvalue weighted by atomic mass is 10.0. The highest BCUT2D eigenvalue weighted by atomic mass is 32.8. The highest BCUT2D eigenvalue weighted by Gasteiger charge is 2.36. The van der Waals surface area contributed by atoms with Crippen molar-refractivity contribution in [1.82, 2.24) is 4.72 Å². The molecule has 1 aliphatic heterocycles. The number of carbonyl (C=O) groups excluding carboxylic acids is 3. The van der Waals surface area contributed by atoms with Crippen molar-refractivity contribution in [1.29, 1.82) is 0 Å². The van der Waals surface area contributed by atoms with Gasteiger partial charge < -0.3 is 5.32 Å². The number of nitrogens with one attached hydrogen (secondary N) is 2. The molecule has 1 heterocycles. The number of rotatable bonds is 10. The van der Waals surface area contributed by atoms with Crippen LogP contribution in [0.1, 0.15) is 79.2 Å². The zero-order valence-electron chi connectivity index (χ0n) is 19.9. The average molecular weight is 502 g/mol. The van der Waals surface area contributed by atoms with Crippen LogP contribution in [-0.4, -0.2) is 33.7 Å². The molecule has 0 spiro atoms. The lowest BCUT2D eigenvalue weighted by Gasteiger charge is -2.15. The maximum Gasteiger partial charge on any atom is 0.266 e. The molecular formula is C25H31N3O4S2. The van der Waals surface area contributed by atoms with Gasteiger partial charge in [-0.3, -0.25) is 14.4 Å². The van der Waals surface area contributed by atoms with Crippen molar-refractivity contribution in [3.8, 4) is 0 Å². The number of nitrogens with zero attached hydrogens (tertiary/aromatic N) is 1. The molecular weight excluding hydrogens is 470 g/mol. The van der Waals surface area contributed by atoms with Gasteiger partial charge in [0, 0.05) is 23.9 Å². The van der Waals surface area contributed by atoms with Gasteiger partial charge in [0.05, 0.1) is 25.5 Å². The molecule has 7 nitrogen and oxygen atoms in total. The molecule has 3 amide bonds. The van der Waals surface area contributed by atoms with Crippen molar-refractivity contribution in [2.45, 2.75) is 58.1 Å². The Hall–Kier alpha value is -2.62. The first-order chi connectivity index (χ1) is 16.0. The van der Waals surface area contributed by atoms with Crippen molar-refractivity contribution in [3.63, 3.8) is 0 Å². The Morgan fingerprint density at radius 1 is 0.971 bits per heavy atom.